The Balaban J connectivity index is 2.30. The van der Waals surface area contributed by atoms with E-state index in [1.165, 1.54) is 11.3 Å². The number of aliphatic carboxylic acids is 1. The summed E-state index contributed by atoms with van der Waals surface area (Å²) in [5.41, 5.74) is 2.24. The van der Waals surface area contributed by atoms with Crippen LogP contribution in [0.3, 0.4) is 0 Å². The molecule has 0 saturated carbocycles. The number of hydrogen-bond acceptors (Lipinski definition) is 4. The molecule has 0 aliphatic heterocycles. The lowest BCUT2D eigenvalue weighted by Crippen LogP contribution is -2.16. The highest BCUT2D eigenvalue weighted by Gasteiger charge is 2.26. The van der Waals surface area contributed by atoms with E-state index in [1.54, 1.807) is 18.4 Å². The Labute approximate surface area is 125 Å². The summed E-state index contributed by atoms with van der Waals surface area (Å²) in [6, 6.07) is 3.58. The number of furan rings is 1. The van der Waals surface area contributed by atoms with Gasteiger partial charge in [0.15, 0.2) is 10.7 Å². The molecule has 0 spiro atoms. The molecule has 1 N–H and O–H groups in total. The first-order valence-corrected chi connectivity index (χ1v) is 7.51. The normalized spacial score (nSPS) is 12.1. The number of imidazole rings is 1. The summed E-state index contributed by atoms with van der Waals surface area (Å²) in [4.78, 5) is 16.6. The van der Waals surface area contributed by atoms with Crippen molar-refractivity contribution in [2.75, 3.05) is 0 Å². The van der Waals surface area contributed by atoms with Crippen LogP contribution in [0, 0.1) is 0 Å². The van der Waals surface area contributed by atoms with Gasteiger partial charge >= 0.3 is 5.97 Å². The third kappa shape index (κ3) is 2.35. The van der Waals surface area contributed by atoms with E-state index < -0.39 is 5.97 Å². The molecular weight excluding hydrogens is 288 g/mol. The van der Waals surface area contributed by atoms with Crippen molar-refractivity contribution in [3.63, 3.8) is 0 Å². The molecule has 0 aliphatic rings. The Morgan fingerprint density at radius 3 is 2.81 bits per heavy atom. The van der Waals surface area contributed by atoms with E-state index in [-0.39, 0.29) is 11.8 Å². The second-order valence-corrected chi connectivity index (χ2v) is 6.78. The molecule has 3 rings (SSSR count). The molecule has 3 aromatic rings. The molecule has 0 fully saturated rings. The van der Waals surface area contributed by atoms with Crippen molar-refractivity contribution in [1.29, 1.82) is 0 Å². The number of rotatable bonds is 3. The first kappa shape index (κ1) is 13.9. The number of carbonyl (C=O) groups is 1. The van der Waals surface area contributed by atoms with Gasteiger partial charge in [-0.15, -0.1) is 11.3 Å². The van der Waals surface area contributed by atoms with Gasteiger partial charge in [0.05, 0.1) is 18.4 Å². The summed E-state index contributed by atoms with van der Waals surface area (Å²) in [5.74, 6) is -0.280. The quantitative estimate of drug-likeness (QED) is 0.803. The predicted octanol–water partition coefficient (Wildman–Crippen LogP) is 3.58. The lowest BCUT2D eigenvalue weighted by atomic mass is 9.93. The van der Waals surface area contributed by atoms with Crippen LogP contribution in [0.15, 0.2) is 28.2 Å². The van der Waals surface area contributed by atoms with E-state index in [1.807, 2.05) is 9.78 Å². The van der Waals surface area contributed by atoms with Gasteiger partial charge in [0.1, 0.15) is 5.69 Å². The number of thiazole rings is 1. The van der Waals surface area contributed by atoms with Crippen LogP contribution in [0.4, 0.5) is 0 Å². The fourth-order valence-corrected chi connectivity index (χ4v) is 3.48. The molecular formula is C15H16N2O3S. The molecule has 0 bridgehead atoms. The van der Waals surface area contributed by atoms with E-state index in [0.717, 1.165) is 10.7 Å². The molecule has 110 valence electrons. The van der Waals surface area contributed by atoms with Gasteiger partial charge in [0.2, 0.25) is 0 Å². The minimum absolute atomic E-state index is 0.0863. The second kappa shape index (κ2) is 4.73. The average Bonchev–Trinajstić information content (AvgIpc) is 3.03. The number of aromatic nitrogens is 2. The largest absolute Gasteiger partial charge is 0.481 e. The molecule has 0 aromatic carbocycles. The zero-order chi connectivity index (χ0) is 15.2. The lowest BCUT2D eigenvalue weighted by molar-refractivity contribution is -0.136. The van der Waals surface area contributed by atoms with Crippen molar-refractivity contribution in [2.45, 2.75) is 32.6 Å². The highest BCUT2D eigenvalue weighted by molar-refractivity contribution is 7.15. The average molecular weight is 304 g/mol. The molecule has 3 heterocycles. The summed E-state index contributed by atoms with van der Waals surface area (Å²) in [6.45, 7) is 6.31. The Kier molecular flexibility index (Phi) is 3.13. The summed E-state index contributed by atoms with van der Waals surface area (Å²) < 4.78 is 7.36. The van der Waals surface area contributed by atoms with Gasteiger partial charge in [0, 0.05) is 16.5 Å². The molecule has 21 heavy (non-hydrogen) atoms. The van der Waals surface area contributed by atoms with Crippen molar-refractivity contribution < 1.29 is 14.3 Å². The maximum atomic E-state index is 11.2. The number of carboxylic acid groups (broad SMARTS) is 1. The third-order valence-electron chi connectivity index (χ3n) is 3.30. The van der Waals surface area contributed by atoms with Crippen molar-refractivity contribution in [2.24, 2.45) is 0 Å². The van der Waals surface area contributed by atoms with Gasteiger partial charge in [-0.25, -0.2) is 4.98 Å². The second-order valence-electron chi connectivity index (χ2n) is 5.94. The number of carboxylic acids is 1. The van der Waals surface area contributed by atoms with Gasteiger partial charge in [-0.05, 0) is 12.1 Å². The molecule has 0 atom stereocenters. The topological polar surface area (TPSA) is 67.7 Å². The maximum Gasteiger partial charge on any atom is 0.309 e. The van der Waals surface area contributed by atoms with Gasteiger partial charge in [0.25, 0.3) is 0 Å². The Morgan fingerprint density at radius 2 is 2.24 bits per heavy atom. The molecule has 3 aromatic heterocycles. The Morgan fingerprint density at radius 1 is 1.48 bits per heavy atom. The summed E-state index contributed by atoms with van der Waals surface area (Å²) in [6.07, 6.45) is 1.48. The predicted molar refractivity (Wildman–Crippen MR) is 80.8 cm³/mol. The molecule has 0 saturated heterocycles. The van der Waals surface area contributed by atoms with E-state index in [4.69, 9.17) is 4.42 Å². The first-order valence-electron chi connectivity index (χ1n) is 6.63. The highest BCUT2D eigenvalue weighted by atomic mass is 32.1. The van der Waals surface area contributed by atoms with Crippen LogP contribution in [0.5, 0.6) is 0 Å². The van der Waals surface area contributed by atoms with Crippen molar-refractivity contribution in [3.8, 4) is 11.5 Å². The number of hydrogen-bond donors (Lipinski definition) is 1. The van der Waals surface area contributed by atoms with Gasteiger partial charge < -0.3 is 9.52 Å². The van der Waals surface area contributed by atoms with Crippen LogP contribution in [0.25, 0.3) is 16.4 Å². The fraction of sp³-hybridized carbons (Fsp3) is 0.333. The summed E-state index contributed by atoms with van der Waals surface area (Å²) in [5, 5.41) is 11.3. The zero-order valence-corrected chi connectivity index (χ0v) is 12.9. The molecule has 5 nitrogen and oxygen atoms in total. The monoisotopic (exact) mass is 304 g/mol. The molecule has 6 heteroatoms. The fourth-order valence-electron chi connectivity index (χ4n) is 2.35. The van der Waals surface area contributed by atoms with E-state index >= 15 is 0 Å². The van der Waals surface area contributed by atoms with E-state index in [0.29, 0.717) is 17.1 Å². The molecule has 0 radical (unpaired) electrons. The Bertz CT molecular complexity index is 791. The van der Waals surface area contributed by atoms with Crippen LogP contribution in [-0.4, -0.2) is 20.5 Å². The summed E-state index contributed by atoms with van der Waals surface area (Å²) >= 11 is 1.52. The SMILES string of the molecule is CC(C)(C)c1csc2nc(-c3ccco3)c(CC(=O)O)n12. The number of fused-ring (bicyclic) bond motifs is 1. The molecule has 0 aliphatic carbocycles. The lowest BCUT2D eigenvalue weighted by Gasteiger charge is -2.18. The summed E-state index contributed by atoms with van der Waals surface area (Å²) in [7, 11) is 0. The number of nitrogens with zero attached hydrogens (tertiary/aromatic N) is 2. The van der Waals surface area contributed by atoms with Crippen LogP contribution < -0.4 is 0 Å². The van der Waals surface area contributed by atoms with E-state index in [9.17, 15) is 9.90 Å². The van der Waals surface area contributed by atoms with Gasteiger partial charge in [-0.1, -0.05) is 20.8 Å². The van der Waals surface area contributed by atoms with E-state index in [2.05, 4.69) is 25.8 Å². The maximum absolute atomic E-state index is 11.2. The molecule has 0 amide bonds. The zero-order valence-electron chi connectivity index (χ0n) is 12.1. The van der Waals surface area contributed by atoms with Crippen molar-refractivity contribution in [3.05, 3.63) is 35.2 Å². The van der Waals surface area contributed by atoms with Gasteiger partial charge in [-0.2, -0.15) is 0 Å². The Hall–Kier alpha value is -2.08. The van der Waals surface area contributed by atoms with Crippen molar-refractivity contribution in [1.82, 2.24) is 9.38 Å². The van der Waals surface area contributed by atoms with Crippen LogP contribution in [-0.2, 0) is 16.6 Å². The van der Waals surface area contributed by atoms with Crippen LogP contribution in [0.2, 0.25) is 0 Å². The van der Waals surface area contributed by atoms with Gasteiger partial charge in [-0.3, -0.25) is 9.20 Å². The minimum Gasteiger partial charge on any atom is -0.481 e. The van der Waals surface area contributed by atoms with Crippen molar-refractivity contribution >= 4 is 22.3 Å². The highest BCUT2D eigenvalue weighted by Crippen LogP contribution is 2.33. The third-order valence-corrected chi connectivity index (χ3v) is 4.13. The van der Waals surface area contributed by atoms with Crippen LogP contribution >= 0.6 is 11.3 Å². The smallest absolute Gasteiger partial charge is 0.309 e. The minimum atomic E-state index is -0.879. The first-order chi connectivity index (χ1) is 9.88. The van der Waals surface area contributed by atoms with Crippen LogP contribution in [0.1, 0.15) is 32.2 Å². The standard InChI is InChI=1S/C15H16N2O3S/c1-15(2,3)11-8-21-14-16-13(10-5-4-6-20-10)9(17(11)14)7-12(18)19/h4-6,8H,7H2,1-3H3,(H,18,19). The molecule has 0 unspecified atom stereocenters.